The van der Waals surface area contributed by atoms with Crippen LogP contribution in [0.5, 0.6) is 5.75 Å². The Morgan fingerprint density at radius 3 is 2.75 bits per heavy atom. The fourth-order valence-electron chi connectivity index (χ4n) is 0.795. The maximum atomic E-state index is 10.5. The molecule has 1 atom stereocenters. The van der Waals surface area contributed by atoms with Gasteiger partial charge in [-0.2, -0.15) is 0 Å². The predicted octanol–water partition coefficient (Wildman–Crippen LogP) is 0.515. The zero-order valence-electron chi connectivity index (χ0n) is 6.44. The molecule has 0 aromatic heterocycles. The van der Waals surface area contributed by atoms with Crippen molar-refractivity contribution in [2.24, 2.45) is 0 Å². The van der Waals surface area contributed by atoms with E-state index in [1.165, 1.54) is 25.3 Å². The van der Waals surface area contributed by atoms with Crippen LogP contribution in [0.2, 0.25) is 0 Å². The number of hydrogen-bond acceptors (Lipinski definition) is 4. The maximum Gasteiger partial charge on any atom is 0.142 e. The molecule has 0 radical (unpaired) electrons. The van der Waals surface area contributed by atoms with Crippen LogP contribution >= 0.6 is 0 Å². The van der Waals surface area contributed by atoms with Crippen molar-refractivity contribution in [3.63, 3.8) is 0 Å². The van der Waals surface area contributed by atoms with Gasteiger partial charge in [0, 0.05) is 4.90 Å². The van der Waals surface area contributed by atoms with E-state index in [1.807, 2.05) is 0 Å². The average Bonchev–Trinajstić information content (AvgIpc) is 2.05. The Morgan fingerprint density at radius 1 is 1.58 bits per heavy atom. The number of benzene rings is 1. The van der Waals surface area contributed by atoms with Gasteiger partial charge in [-0.3, -0.25) is 4.21 Å². The first-order valence-electron chi connectivity index (χ1n) is 3.18. The lowest BCUT2D eigenvalue weighted by Crippen LogP contribution is -1.95. The summed E-state index contributed by atoms with van der Waals surface area (Å²) in [5.74, 6) is 0.372. The SMILES string of the molecule is COc1cc(S(=O)[O-])ccc1N. The first-order valence-corrected chi connectivity index (χ1v) is 4.25. The number of rotatable bonds is 2. The summed E-state index contributed by atoms with van der Waals surface area (Å²) in [5.41, 5.74) is 5.90. The van der Waals surface area contributed by atoms with Crippen LogP contribution in [0, 0.1) is 0 Å². The van der Waals surface area contributed by atoms with Crippen LogP contribution < -0.4 is 10.5 Å². The van der Waals surface area contributed by atoms with E-state index in [4.69, 9.17) is 10.5 Å². The van der Waals surface area contributed by atoms with Gasteiger partial charge in [0.05, 0.1) is 12.8 Å². The van der Waals surface area contributed by atoms with E-state index < -0.39 is 11.1 Å². The van der Waals surface area contributed by atoms with Crippen molar-refractivity contribution in [1.82, 2.24) is 0 Å². The summed E-state index contributed by atoms with van der Waals surface area (Å²) in [5, 5.41) is 0. The zero-order chi connectivity index (χ0) is 9.14. The van der Waals surface area contributed by atoms with Gasteiger partial charge in [0.1, 0.15) is 5.75 Å². The molecule has 0 amide bonds. The smallest absolute Gasteiger partial charge is 0.142 e. The molecule has 1 aromatic rings. The van der Waals surface area contributed by atoms with Gasteiger partial charge in [0.25, 0.3) is 0 Å². The molecule has 2 N–H and O–H groups in total. The van der Waals surface area contributed by atoms with Crippen LogP contribution in [0.4, 0.5) is 5.69 Å². The van der Waals surface area contributed by atoms with Crippen molar-refractivity contribution in [2.75, 3.05) is 12.8 Å². The minimum absolute atomic E-state index is 0.168. The molecule has 0 aliphatic heterocycles. The summed E-state index contributed by atoms with van der Waals surface area (Å²) < 4.78 is 25.8. The first kappa shape index (κ1) is 9.02. The molecular formula is C7H8NO3S-. The Balaban J connectivity index is 3.13. The fourth-order valence-corrected chi connectivity index (χ4v) is 1.18. The molecule has 1 unspecified atom stereocenters. The second-order valence-corrected chi connectivity index (χ2v) is 3.08. The molecule has 0 fully saturated rings. The highest BCUT2D eigenvalue weighted by Crippen LogP contribution is 2.23. The lowest BCUT2D eigenvalue weighted by atomic mass is 10.3. The Hall–Kier alpha value is -1.07. The highest BCUT2D eigenvalue weighted by Gasteiger charge is 2.00. The van der Waals surface area contributed by atoms with Crippen molar-refractivity contribution in [3.05, 3.63) is 18.2 Å². The van der Waals surface area contributed by atoms with Crippen LogP contribution in [-0.4, -0.2) is 15.9 Å². The molecule has 0 spiro atoms. The van der Waals surface area contributed by atoms with Gasteiger partial charge in [0.2, 0.25) is 0 Å². The second-order valence-electron chi connectivity index (χ2n) is 2.14. The Labute approximate surface area is 72.6 Å². The van der Waals surface area contributed by atoms with E-state index >= 15 is 0 Å². The van der Waals surface area contributed by atoms with Gasteiger partial charge in [-0.1, -0.05) is 0 Å². The minimum Gasteiger partial charge on any atom is -0.768 e. The number of methoxy groups -OCH3 is 1. The van der Waals surface area contributed by atoms with Crippen LogP contribution in [-0.2, 0) is 11.1 Å². The van der Waals surface area contributed by atoms with E-state index in [2.05, 4.69) is 0 Å². The number of anilines is 1. The molecule has 4 nitrogen and oxygen atoms in total. The fraction of sp³-hybridized carbons (Fsp3) is 0.143. The van der Waals surface area contributed by atoms with Crippen LogP contribution in [0.1, 0.15) is 0 Å². The maximum absolute atomic E-state index is 10.5. The highest BCUT2D eigenvalue weighted by molar-refractivity contribution is 7.79. The summed E-state index contributed by atoms with van der Waals surface area (Å²) in [6, 6.07) is 4.28. The van der Waals surface area contributed by atoms with E-state index in [0.29, 0.717) is 11.4 Å². The van der Waals surface area contributed by atoms with Gasteiger partial charge < -0.3 is 15.0 Å². The van der Waals surface area contributed by atoms with Gasteiger partial charge in [-0.15, -0.1) is 0 Å². The molecule has 0 saturated heterocycles. The third-order valence-electron chi connectivity index (χ3n) is 1.40. The second kappa shape index (κ2) is 3.55. The monoisotopic (exact) mass is 186 g/mol. The van der Waals surface area contributed by atoms with Gasteiger partial charge in [0.15, 0.2) is 0 Å². The molecule has 0 aliphatic carbocycles. The molecule has 66 valence electrons. The molecular weight excluding hydrogens is 178 g/mol. The van der Waals surface area contributed by atoms with Gasteiger partial charge in [-0.25, -0.2) is 0 Å². The first-order chi connectivity index (χ1) is 5.65. The van der Waals surface area contributed by atoms with E-state index in [1.54, 1.807) is 0 Å². The molecule has 1 rings (SSSR count). The zero-order valence-corrected chi connectivity index (χ0v) is 7.26. The van der Waals surface area contributed by atoms with E-state index in [9.17, 15) is 8.76 Å². The van der Waals surface area contributed by atoms with E-state index in [-0.39, 0.29) is 4.90 Å². The van der Waals surface area contributed by atoms with E-state index in [0.717, 1.165) is 0 Å². The lowest BCUT2D eigenvalue weighted by Gasteiger charge is -2.08. The predicted molar refractivity (Wildman–Crippen MR) is 44.6 cm³/mol. The summed E-state index contributed by atoms with van der Waals surface area (Å²) in [6.07, 6.45) is 0. The summed E-state index contributed by atoms with van der Waals surface area (Å²) >= 11 is -2.23. The number of ether oxygens (including phenoxy) is 1. The lowest BCUT2D eigenvalue weighted by molar-refractivity contribution is 0.415. The third kappa shape index (κ3) is 1.75. The molecule has 12 heavy (non-hydrogen) atoms. The quantitative estimate of drug-likeness (QED) is 0.539. The van der Waals surface area contributed by atoms with Crippen molar-refractivity contribution < 1.29 is 13.5 Å². The van der Waals surface area contributed by atoms with Gasteiger partial charge >= 0.3 is 0 Å². The number of nitrogens with two attached hydrogens (primary N) is 1. The molecule has 0 bridgehead atoms. The largest absolute Gasteiger partial charge is 0.768 e. The Bertz CT molecular complexity index is 314. The number of hydrogen-bond donors (Lipinski definition) is 1. The van der Waals surface area contributed by atoms with Crippen molar-refractivity contribution in [1.29, 1.82) is 0 Å². The molecule has 1 aromatic carbocycles. The van der Waals surface area contributed by atoms with Crippen molar-refractivity contribution in [2.45, 2.75) is 4.90 Å². The average molecular weight is 186 g/mol. The third-order valence-corrected chi connectivity index (χ3v) is 2.04. The van der Waals surface area contributed by atoms with Crippen LogP contribution in [0.25, 0.3) is 0 Å². The van der Waals surface area contributed by atoms with Gasteiger partial charge in [-0.05, 0) is 29.3 Å². The molecule has 0 heterocycles. The number of nitrogen functional groups attached to an aromatic ring is 1. The molecule has 5 heteroatoms. The summed E-state index contributed by atoms with van der Waals surface area (Å²) in [4.78, 5) is 0.168. The molecule has 0 saturated carbocycles. The topological polar surface area (TPSA) is 75.4 Å². The highest BCUT2D eigenvalue weighted by atomic mass is 32.2. The van der Waals surface area contributed by atoms with Crippen molar-refractivity contribution >= 4 is 16.8 Å². The molecule has 0 aliphatic rings. The normalized spacial score (nSPS) is 12.5. The Morgan fingerprint density at radius 2 is 2.25 bits per heavy atom. The van der Waals surface area contributed by atoms with Crippen LogP contribution in [0.15, 0.2) is 23.1 Å². The Kier molecular flexibility index (Phi) is 2.67. The van der Waals surface area contributed by atoms with Crippen molar-refractivity contribution in [3.8, 4) is 5.75 Å². The summed E-state index contributed by atoms with van der Waals surface area (Å²) in [7, 11) is 1.43. The van der Waals surface area contributed by atoms with Crippen LogP contribution in [0.3, 0.4) is 0 Å². The standard InChI is InChI=1S/C7H9NO3S/c1-11-7-4-5(12(9)10)2-3-6(7)8/h2-4H,8H2,1H3,(H,9,10)/p-1. The summed E-state index contributed by atoms with van der Waals surface area (Å²) in [6.45, 7) is 0. The minimum atomic E-state index is -2.23.